The van der Waals surface area contributed by atoms with E-state index in [-0.39, 0.29) is 41.5 Å². The Bertz CT molecular complexity index is 6000. The molecule has 1 aliphatic rings. The van der Waals surface area contributed by atoms with Crippen LogP contribution in [0.5, 0.6) is 11.5 Å². The van der Waals surface area contributed by atoms with Gasteiger partial charge in [-0.05, 0) is 389 Å². The Morgan fingerprint density at radius 3 is 1.12 bits per heavy atom. The molecule has 1 saturated carbocycles. The summed E-state index contributed by atoms with van der Waals surface area (Å²) in [6.07, 6.45) is -19.9. The van der Waals surface area contributed by atoms with Crippen molar-refractivity contribution < 1.29 is 177 Å². The van der Waals surface area contributed by atoms with E-state index in [9.17, 15) is 134 Å². The molecule has 130 heavy (non-hydrogen) atoms. The standard InChI is InChI=1S/C24H11F3I6O9S.C24H21F3I2O9S.3C9H9IO5S/c25-24(26,27)18(8-43(37,38)39)42-21(34)9-1-12(40-22(35)14-3-10(28)5-16(30)19(14)32)7-13(2-9)41-23(36)15-4-11(29)6-17(31)20(15)33;25-24(26,27)20(12-39(33,34)35)38-23(32)18-8-7-17(36-21(30)13-3-1-5-15(28)9-13)11-19(18)37-22(31)14-4-2-6-16(29)10-14;10-8-3-1-7(2-4-8)9(11)15-5-6-16(12,13)14;10-8-3-1-2-7(6-8)9(11)15-4-5-16(12,13)14;10-8-4-2-1-3-7(8)9(11)15-5-6-16(12,13)14/h1-7,18H,8H2,(H,37,38,39);1-6,9-10,17-20H,7-8,11-12H2,(H,33,34,35);1-4H,5-6H2,(H,12,13,14);1-3,6H,4-5H2,(H,12,13,14);1-4H,5-6H2,(H,12,13,14)/p-5. The van der Waals surface area contributed by atoms with Gasteiger partial charge in [0.1, 0.15) is 43.5 Å². The summed E-state index contributed by atoms with van der Waals surface area (Å²) in [5, 5.41) is 0. The van der Waals surface area contributed by atoms with Crippen LogP contribution in [-0.4, -0.2) is 204 Å². The lowest BCUT2D eigenvalue weighted by atomic mass is 9.84. The third kappa shape index (κ3) is 43.9. The number of carbonyl (C=O) groups excluding carboxylic acids is 9. The fraction of sp³-hybridized carbons (Fsp3) is 0.240. The van der Waals surface area contributed by atoms with Crippen molar-refractivity contribution in [2.45, 2.75) is 56.0 Å². The third-order valence-electron chi connectivity index (χ3n) is 15.5. The predicted molar refractivity (Wildman–Crippen MR) is 532 cm³/mol. The van der Waals surface area contributed by atoms with E-state index >= 15 is 0 Å². The molecule has 0 saturated heterocycles. The van der Waals surface area contributed by atoms with Gasteiger partial charge in [0.15, 0.2) is 0 Å². The van der Waals surface area contributed by atoms with E-state index in [1.807, 2.05) is 226 Å². The second-order valence-electron chi connectivity index (χ2n) is 25.4. The molecule has 33 nitrogen and oxygen atoms in total. The Morgan fingerprint density at radius 1 is 0.346 bits per heavy atom. The summed E-state index contributed by atoms with van der Waals surface area (Å²) in [5.74, 6) is -16.9. The van der Waals surface area contributed by atoms with Gasteiger partial charge in [0.25, 0.3) is 0 Å². The van der Waals surface area contributed by atoms with Gasteiger partial charge in [-0.15, -0.1) is 0 Å². The largest absolute Gasteiger partial charge is 0.748 e. The van der Waals surface area contributed by atoms with Crippen LogP contribution in [0, 0.1) is 45.2 Å². The number of ether oxygens (including phenoxy) is 9. The highest BCUT2D eigenvalue weighted by Crippen LogP contribution is 2.36. The highest BCUT2D eigenvalue weighted by molar-refractivity contribution is 14.1. The van der Waals surface area contributed by atoms with Crippen LogP contribution in [0.25, 0.3) is 0 Å². The van der Waals surface area contributed by atoms with Crippen LogP contribution in [0.2, 0.25) is 0 Å². The van der Waals surface area contributed by atoms with Crippen molar-refractivity contribution in [2.24, 2.45) is 5.92 Å². The average Bonchev–Trinajstić information content (AvgIpc) is 0.802. The molecule has 9 rings (SSSR count). The van der Waals surface area contributed by atoms with Gasteiger partial charge in [-0.3, -0.25) is 4.79 Å². The summed E-state index contributed by atoms with van der Waals surface area (Å²) < 4.78 is 291. The fourth-order valence-electron chi connectivity index (χ4n) is 9.76. The maximum atomic E-state index is 13.4. The van der Waals surface area contributed by atoms with Gasteiger partial charge in [-0.1, -0.05) is 30.3 Å². The molecule has 0 aromatic heterocycles. The zero-order chi connectivity index (χ0) is 97.9. The molecule has 0 aliphatic heterocycles. The van der Waals surface area contributed by atoms with E-state index in [4.69, 9.17) is 18.9 Å². The van der Waals surface area contributed by atoms with Crippen molar-refractivity contribution in [3.05, 3.63) is 248 Å². The van der Waals surface area contributed by atoms with Gasteiger partial charge in [-0.25, -0.2) is 80.4 Å². The lowest BCUT2D eigenvalue weighted by molar-refractivity contribution is -0.220. The predicted octanol–water partition coefficient (Wildman–Crippen LogP) is 14.8. The zero-order valence-corrected chi connectivity index (χ0v) is 92.0. The summed E-state index contributed by atoms with van der Waals surface area (Å²) in [6, 6.07) is 42.1. The summed E-state index contributed by atoms with van der Waals surface area (Å²) in [6.45, 7) is -1.26. The first-order valence-corrected chi connectivity index (χ1v) is 54.6. The maximum absolute atomic E-state index is 13.4. The number of hydrogen-bond donors (Lipinski definition) is 0. The van der Waals surface area contributed by atoms with E-state index in [1.165, 1.54) is 30.3 Å². The highest BCUT2D eigenvalue weighted by Gasteiger charge is 2.48. The smallest absolute Gasteiger partial charge is 0.426 e. The van der Waals surface area contributed by atoms with Crippen molar-refractivity contribution in [3.63, 3.8) is 0 Å². The Hall–Kier alpha value is -3.85. The van der Waals surface area contributed by atoms with Crippen LogP contribution in [-0.2, 0) is 88.5 Å². The van der Waals surface area contributed by atoms with Crippen LogP contribution in [0.4, 0.5) is 26.3 Å². The fourth-order valence-corrected chi connectivity index (χ4v) is 19.2. The number of benzene rings is 8. The summed E-state index contributed by atoms with van der Waals surface area (Å²) in [5.41, 5.74) is 0.962. The summed E-state index contributed by atoms with van der Waals surface area (Å²) >= 11 is 21.9. The molecule has 5 unspecified atom stereocenters. The van der Waals surface area contributed by atoms with Gasteiger partial charge in [-0.2, -0.15) is 26.3 Å². The van der Waals surface area contributed by atoms with Gasteiger partial charge in [0.05, 0.1) is 130 Å². The van der Waals surface area contributed by atoms with Crippen molar-refractivity contribution in [1.82, 2.24) is 0 Å². The van der Waals surface area contributed by atoms with Crippen molar-refractivity contribution in [3.8, 4) is 11.5 Å². The molecule has 706 valence electrons. The topological polar surface area (TPSA) is 523 Å². The minimum atomic E-state index is -5.46. The third-order valence-corrected chi connectivity index (χ3v) is 30.0. The SMILES string of the molecule is O=C(OC(CS(=O)(=O)[O-])C(F)(F)F)c1cc(OC(=O)c2cc(I)cc(I)c2I)cc(OC(=O)c2cc(I)cc(I)c2I)c1.O=C(OC1CCC(C(=O)OC(CS(=O)(=O)[O-])C(F)(F)F)C(OC(=O)c2cccc(I)c2)C1)c1cccc(I)c1.O=C(OCCS(=O)(=O)[O-])c1ccc(I)cc1.O=C(OCCS(=O)(=O)[O-])c1cccc(I)c1.O=C(OCCS(=O)(=O)[O-])c1ccccc1I. The number of carbonyl (C=O) groups is 9. The molecule has 5 atom stereocenters. The van der Waals surface area contributed by atoms with Crippen LogP contribution in [0.15, 0.2) is 164 Å². The molecule has 8 aromatic rings. The molecule has 55 heteroatoms. The van der Waals surface area contributed by atoms with Gasteiger partial charge >= 0.3 is 66.1 Å². The van der Waals surface area contributed by atoms with Crippen LogP contribution in [0.1, 0.15) is 102 Å². The minimum absolute atomic E-state index is 0.0171. The summed E-state index contributed by atoms with van der Waals surface area (Å²) in [4.78, 5) is 111. The molecule has 8 aromatic carbocycles. The van der Waals surface area contributed by atoms with E-state index < -0.39 is 213 Å². The van der Waals surface area contributed by atoms with Crippen LogP contribution >= 0.6 is 248 Å². The molecule has 1 fully saturated rings. The highest BCUT2D eigenvalue weighted by atomic mass is 127. The molecule has 1 aliphatic carbocycles. The molecule has 0 heterocycles. The van der Waals surface area contributed by atoms with Crippen LogP contribution < -0.4 is 9.47 Å². The lowest BCUT2D eigenvalue weighted by Gasteiger charge is -2.35. The summed E-state index contributed by atoms with van der Waals surface area (Å²) in [7, 11) is -23.9. The van der Waals surface area contributed by atoms with E-state index in [2.05, 4.69) is 46.3 Å². The van der Waals surface area contributed by atoms with E-state index in [0.29, 0.717) is 38.1 Å². The zero-order valence-electron chi connectivity index (χ0n) is 64.2. The Kier molecular flexibility index (Phi) is 47.9. The van der Waals surface area contributed by atoms with E-state index in [1.54, 1.807) is 115 Å². The van der Waals surface area contributed by atoms with E-state index in [0.717, 1.165) is 36.1 Å². The Balaban J connectivity index is 0.000000310. The van der Waals surface area contributed by atoms with Crippen molar-refractivity contribution in [2.75, 3.05) is 48.6 Å². The van der Waals surface area contributed by atoms with Gasteiger partial charge in [0.2, 0.25) is 12.2 Å². The molecular weight excluding hydrogens is 3100 g/mol. The first kappa shape index (κ1) is 117. The lowest BCUT2D eigenvalue weighted by Crippen LogP contribution is -2.46. The molecule has 0 bridgehead atoms. The maximum Gasteiger partial charge on any atom is 0.426 e. The number of halogens is 17. The van der Waals surface area contributed by atoms with Gasteiger partial charge in [0, 0.05) is 51.8 Å². The second-order valence-corrected chi connectivity index (χ2v) is 46.0. The van der Waals surface area contributed by atoms with Gasteiger partial charge < -0.3 is 65.4 Å². The number of esters is 9. The van der Waals surface area contributed by atoms with Crippen LogP contribution in [0.3, 0.4) is 0 Å². The number of hydrogen-bond acceptors (Lipinski definition) is 33. The van der Waals surface area contributed by atoms with Crippen molar-refractivity contribution >= 4 is 353 Å². The number of alkyl halides is 6. The molecule has 0 N–H and O–H groups in total. The average molecular weight is 3150 g/mol. The molecule has 0 amide bonds. The van der Waals surface area contributed by atoms with Crippen molar-refractivity contribution in [1.29, 1.82) is 0 Å². The number of rotatable bonds is 28. The first-order valence-electron chi connectivity index (χ1n) is 34.9. The Labute approximate surface area is 886 Å². The normalized spacial score (nSPS) is 14.4. The minimum Gasteiger partial charge on any atom is -0.748 e. The second kappa shape index (κ2) is 53.3. The molecular formula is C75H54F6I11O33S5-5. The monoisotopic (exact) mass is 3150 g/mol. The molecule has 0 spiro atoms. The first-order chi connectivity index (χ1) is 60.0. The quantitative estimate of drug-likeness (QED) is 0.00836. The molecule has 0 radical (unpaired) electrons. The Morgan fingerprint density at radius 2 is 0.731 bits per heavy atom.